The average molecular weight is 526 g/mol. The molecule has 1 aliphatic rings. The summed E-state index contributed by atoms with van der Waals surface area (Å²) in [6.45, 7) is 5.94. The third-order valence-electron chi connectivity index (χ3n) is 5.77. The quantitative estimate of drug-likeness (QED) is 0.332. The zero-order valence-corrected chi connectivity index (χ0v) is 21.6. The van der Waals surface area contributed by atoms with Crippen LogP contribution in [0.4, 0.5) is 11.1 Å². The minimum atomic E-state index is -0.784. The molecule has 0 bridgehead atoms. The number of para-hydroxylation sites is 2. The maximum absolute atomic E-state index is 13.4. The molecule has 36 heavy (non-hydrogen) atoms. The van der Waals surface area contributed by atoms with E-state index in [0.717, 1.165) is 11.4 Å². The van der Waals surface area contributed by atoms with Crippen molar-refractivity contribution < 1.29 is 9.21 Å². The number of nitrogens with zero attached hydrogens (tertiary/aromatic N) is 6. The molecule has 3 N–H and O–H groups in total. The summed E-state index contributed by atoms with van der Waals surface area (Å²) < 4.78 is 7.34. The lowest BCUT2D eigenvalue weighted by Crippen LogP contribution is -2.37. The Balaban J connectivity index is 1.45. The number of carbonyl (C=O) groups is 1. The fourth-order valence-electron chi connectivity index (χ4n) is 3.74. The molecular weight excluding hydrogens is 502 g/mol. The van der Waals surface area contributed by atoms with Gasteiger partial charge in [0.2, 0.25) is 11.1 Å². The van der Waals surface area contributed by atoms with E-state index in [-0.39, 0.29) is 17.8 Å². The molecule has 2 atom stereocenters. The fraction of sp³-hybridized carbons (Fsp3) is 0.304. The van der Waals surface area contributed by atoms with Crippen molar-refractivity contribution in [2.45, 2.75) is 39.2 Å². The number of halogens is 1. The second kappa shape index (κ2) is 9.70. The van der Waals surface area contributed by atoms with Crippen molar-refractivity contribution in [3.63, 3.8) is 0 Å². The van der Waals surface area contributed by atoms with Gasteiger partial charge in [0, 0.05) is 24.9 Å². The number of fused-ring (bicyclic) bond motifs is 1. The van der Waals surface area contributed by atoms with Crippen molar-refractivity contribution in [2.24, 2.45) is 12.0 Å². The van der Waals surface area contributed by atoms with Crippen LogP contribution in [0.1, 0.15) is 49.9 Å². The topological polar surface area (TPSA) is 135 Å². The van der Waals surface area contributed by atoms with Gasteiger partial charge in [0.15, 0.2) is 5.58 Å². The molecule has 0 fully saturated rings. The number of allylic oxidation sites excluding steroid dienone is 1. The Hall–Kier alpha value is -3.77. The summed E-state index contributed by atoms with van der Waals surface area (Å²) >= 11 is 7.83. The average Bonchev–Trinajstić information content (AvgIpc) is 3.55. The maximum atomic E-state index is 13.4. The summed E-state index contributed by atoms with van der Waals surface area (Å²) in [5, 5.41) is 23.5. The van der Waals surface area contributed by atoms with E-state index in [2.05, 4.69) is 50.1 Å². The van der Waals surface area contributed by atoms with E-state index in [1.54, 1.807) is 24.9 Å². The Morgan fingerprint density at radius 1 is 1.33 bits per heavy atom. The third-order valence-corrected chi connectivity index (χ3v) is 7.13. The van der Waals surface area contributed by atoms with E-state index in [1.165, 1.54) is 11.3 Å². The second-order valence-corrected chi connectivity index (χ2v) is 9.82. The van der Waals surface area contributed by atoms with Crippen LogP contribution in [0.5, 0.6) is 0 Å². The number of carbonyl (C=O) groups excluding carboxylic acids is 1. The minimum absolute atomic E-state index is 0.260. The summed E-state index contributed by atoms with van der Waals surface area (Å²) in [5.74, 6) is 0.233. The zero-order chi connectivity index (χ0) is 25.4. The molecule has 2 unspecified atom stereocenters. The monoisotopic (exact) mass is 525 g/mol. The van der Waals surface area contributed by atoms with Crippen molar-refractivity contribution in [1.82, 2.24) is 30.3 Å². The van der Waals surface area contributed by atoms with E-state index in [9.17, 15) is 4.79 Å². The molecule has 4 heterocycles. The molecule has 5 rings (SSSR count). The van der Waals surface area contributed by atoms with Crippen molar-refractivity contribution in [3.05, 3.63) is 57.5 Å². The highest BCUT2D eigenvalue weighted by Crippen LogP contribution is 2.35. The molecule has 0 saturated heterocycles. The Bertz CT molecular complexity index is 1470. The SMILES string of the molecule is CCC(C)c1nnc(NC(=O)C2=C(C)NC(Nc3nc4ccccc4o3)=NC2c2nn(C)cc2Cl)s1. The van der Waals surface area contributed by atoms with E-state index < -0.39 is 6.04 Å². The first kappa shape index (κ1) is 23.9. The van der Waals surface area contributed by atoms with Crippen LogP contribution in [0.25, 0.3) is 11.1 Å². The number of aromatic nitrogens is 5. The summed E-state index contributed by atoms with van der Waals surface area (Å²) in [7, 11) is 1.76. The number of rotatable bonds is 6. The maximum Gasteiger partial charge on any atom is 0.302 e. The molecule has 1 aliphatic heterocycles. The predicted molar refractivity (Wildman–Crippen MR) is 139 cm³/mol. The van der Waals surface area contributed by atoms with Gasteiger partial charge in [-0.2, -0.15) is 10.1 Å². The van der Waals surface area contributed by atoms with Gasteiger partial charge in [-0.05, 0) is 25.5 Å². The van der Waals surface area contributed by atoms with Crippen LogP contribution in [0.2, 0.25) is 5.02 Å². The van der Waals surface area contributed by atoms with Crippen LogP contribution in [0, 0.1) is 0 Å². The highest BCUT2D eigenvalue weighted by atomic mass is 35.5. The number of hydrogen-bond acceptors (Lipinski definition) is 10. The van der Waals surface area contributed by atoms with Gasteiger partial charge >= 0.3 is 6.01 Å². The summed E-state index contributed by atoms with van der Waals surface area (Å²) in [6, 6.07) is 6.91. The van der Waals surface area contributed by atoms with Gasteiger partial charge in [-0.1, -0.05) is 48.9 Å². The number of aliphatic imine (C=N–C) groups is 1. The molecule has 0 radical (unpaired) electrons. The van der Waals surface area contributed by atoms with Crippen molar-refractivity contribution in [2.75, 3.05) is 10.6 Å². The van der Waals surface area contributed by atoms with Gasteiger partial charge in [0.1, 0.15) is 22.3 Å². The molecule has 1 aromatic carbocycles. The summed E-state index contributed by atoms with van der Waals surface area (Å²) in [4.78, 5) is 22.6. The van der Waals surface area contributed by atoms with Crippen molar-refractivity contribution in [1.29, 1.82) is 0 Å². The Morgan fingerprint density at radius 3 is 2.86 bits per heavy atom. The predicted octanol–water partition coefficient (Wildman–Crippen LogP) is 4.60. The smallest absolute Gasteiger partial charge is 0.302 e. The molecule has 11 nitrogen and oxygen atoms in total. The number of amides is 1. The largest absolute Gasteiger partial charge is 0.423 e. The zero-order valence-electron chi connectivity index (χ0n) is 20.0. The van der Waals surface area contributed by atoms with Crippen molar-refractivity contribution >= 4 is 57.1 Å². The van der Waals surface area contributed by atoms with E-state index in [4.69, 9.17) is 21.0 Å². The molecule has 0 aliphatic carbocycles. The minimum Gasteiger partial charge on any atom is -0.423 e. The fourth-order valence-corrected chi connectivity index (χ4v) is 4.90. The molecular formula is C23H24ClN9O2S. The number of nitrogens with one attached hydrogen (secondary N) is 3. The number of hydrogen-bond donors (Lipinski definition) is 3. The normalized spacial score (nSPS) is 16.6. The van der Waals surface area contributed by atoms with E-state index in [0.29, 0.717) is 44.2 Å². The molecule has 13 heteroatoms. The molecule has 4 aromatic rings. The van der Waals surface area contributed by atoms with Gasteiger partial charge < -0.3 is 9.73 Å². The van der Waals surface area contributed by atoms with Crippen LogP contribution in [0.15, 0.2) is 51.1 Å². The molecule has 3 aromatic heterocycles. The van der Waals surface area contributed by atoms with Gasteiger partial charge in [0.05, 0.1) is 10.6 Å². The summed E-state index contributed by atoms with van der Waals surface area (Å²) in [5.41, 5.74) is 2.72. The van der Waals surface area contributed by atoms with Gasteiger partial charge in [0.25, 0.3) is 5.91 Å². The number of benzene rings is 1. The standard InChI is InChI=1S/C23H24ClN9O2S/c1-5-11(2)20-30-31-23(36-20)28-19(34)16-12(3)25-21(27-18(16)17-13(24)10-33(4)32-17)29-22-26-14-8-6-7-9-15(14)35-22/h6-11,18H,5H2,1-4H3,(H,28,31,34)(H2,25,26,27,29). The van der Waals surface area contributed by atoms with E-state index in [1.807, 2.05) is 24.3 Å². The Morgan fingerprint density at radius 2 is 2.14 bits per heavy atom. The van der Waals surface area contributed by atoms with Crippen LogP contribution >= 0.6 is 22.9 Å². The van der Waals surface area contributed by atoms with Crippen LogP contribution in [-0.4, -0.2) is 36.8 Å². The lowest BCUT2D eigenvalue weighted by atomic mass is 10.00. The van der Waals surface area contributed by atoms with Gasteiger partial charge in [-0.3, -0.25) is 20.1 Å². The molecule has 1 amide bonds. The molecule has 186 valence electrons. The van der Waals surface area contributed by atoms with Crippen LogP contribution < -0.4 is 16.0 Å². The molecule has 0 saturated carbocycles. The first-order valence-corrected chi connectivity index (χ1v) is 12.5. The van der Waals surface area contributed by atoms with Crippen molar-refractivity contribution in [3.8, 4) is 0 Å². The first-order chi connectivity index (χ1) is 17.3. The Labute approximate surface area is 215 Å². The lowest BCUT2D eigenvalue weighted by Gasteiger charge is -2.25. The third kappa shape index (κ3) is 4.69. The number of guanidine groups is 1. The number of oxazole rings is 1. The lowest BCUT2D eigenvalue weighted by molar-refractivity contribution is -0.113. The highest BCUT2D eigenvalue weighted by molar-refractivity contribution is 7.15. The number of aryl methyl sites for hydroxylation is 1. The van der Waals surface area contributed by atoms with Gasteiger partial charge in [-0.25, -0.2) is 4.99 Å². The summed E-state index contributed by atoms with van der Waals surface area (Å²) in [6.07, 6.45) is 2.60. The van der Waals surface area contributed by atoms with Gasteiger partial charge in [-0.15, -0.1) is 10.2 Å². The number of anilines is 2. The second-order valence-electron chi connectivity index (χ2n) is 8.40. The van der Waals surface area contributed by atoms with E-state index >= 15 is 0 Å². The Kier molecular flexibility index (Phi) is 6.46. The highest BCUT2D eigenvalue weighted by Gasteiger charge is 2.33. The first-order valence-electron chi connectivity index (χ1n) is 11.3. The molecule has 0 spiro atoms. The van der Waals surface area contributed by atoms with Crippen LogP contribution in [0.3, 0.4) is 0 Å². The van der Waals surface area contributed by atoms with Crippen LogP contribution in [-0.2, 0) is 11.8 Å².